The number of rotatable bonds is 5. The topological polar surface area (TPSA) is 24.9 Å². The van der Waals surface area contributed by atoms with Gasteiger partial charge in [-0.05, 0) is 36.7 Å². The van der Waals surface area contributed by atoms with Crippen LogP contribution < -0.4 is 5.32 Å². The largest absolute Gasteiger partial charge is 0.308 e. The molecule has 0 spiro atoms. The molecule has 2 aromatic carbocycles. The van der Waals surface area contributed by atoms with Crippen LogP contribution in [0.4, 0.5) is 0 Å². The number of hydrogen-bond acceptors (Lipinski definition) is 3. The second-order valence-electron chi connectivity index (χ2n) is 4.93. The molecule has 1 N–H and O–H groups in total. The van der Waals surface area contributed by atoms with Gasteiger partial charge in [-0.15, -0.1) is 11.3 Å². The highest BCUT2D eigenvalue weighted by molar-refractivity contribution is 7.18. The number of para-hydroxylation sites is 1. The average molecular weight is 317 g/mol. The van der Waals surface area contributed by atoms with E-state index in [0.717, 1.165) is 34.1 Å². The lowest BCUT2D eigenvalue weighted by molar-refractivity contribution is 0.548. The number of aromatic nitrogens is 1. The first kappa shape index (κ1) is 14.5. The second-order valence-corrected chi connectivity index (χ2v) is 6.40. The summed E-state index contributed by atoms with van der Waals surface area (Å²) in [4.78, 5) is 4.77. The lowest BCUT2D eigenvalue weighted by atomic mass is 10.1. The molecule has 0 aliphatic rings. The van der Waals surface area contributed by atoms with Crippen molar-refractivity contribution in [3.63, 3.8) is 0 Å². The maximum absolute atomic E-state index is 6.29. The smallest absolute Gasteiger partial charge is 0.111 e. The Morgan fingerprint density at radius 3 is 2.67 bits per heavy atom. The highest BCUT2D eigenvalue weighted by atomic mass is 35.5. The van der Waals surface area contributed by atoms with Gasteiger partial charge in [0.1, 0.15) is 5.01 Å². The molecule has 3 rings (SSSR count). The monoisotopic (exact) mass is 316 g/mol. The van der Waals surface area contributed by atoms with E-state index in [4.69, 9.17) is 16.6 Å². The van der Waals surface area contributed by atoms with Crippen molar-refractivity contribution < 1.29 is 0 Å². The van der Waals surface area contributed by atoms with E-state index in [0.29, 0.717) is 0 Å². The summed E-state index contributed by atoms with van der Waals surface area (Å²) in [6.07, 6.45) is 0.854. The van der Waals surface area contributed by atoms with Gasteiger partial charge in [0, 0.05) is 5.02 Å². The summed E-state index contributed by atoms with van der Waals surface area (Å²) in [6.45, 7) is 3.03. The molecule has 4 heteroatoms. The predicted molar refractivity (Wildman–Crippen MR) is 91.2 cm³/mol. The molecule has 0 bridgehead atoms. The van der Waals surface area contributed by atoms with Gasteiger partial charge < -0.3 is 5.32 Å². The molecule has 0 fully saturated rings. The number of thiazole rings is 1. The third kappa shape index (κ3) is 3.26. The van der Waals surface area contributed by atoms with Crippen LogP contribution in [0.2, 0.25) is 5.02 Å². The minimum atomic E-state index is 0.201. The van der Waals surface area contributed by atoms with E-state index < -0.39 is 0 Å². The number of nitrogens with one attached hydrogen (secondary N) is 1. The van der Waals surface area contributed by atoms with Crippen LogP contribution in [0.1, 0.15) is 23.5 Å². The van der Waals surface area contributed by atoms with E-state index in [9.17, 15) is 0 Å². The number of hydrogen-bond donors (Lipinski definition) is 1. The van der Waals surface area contributed by atoms with Crippen molar-refractivity contribution in [2.75, 3.05) is 6.54 Å². The first-order chi connectivity index (χ1) is 10.3. The van der Waals surface area contributed by atoms with Crippen molar-refractivity contribution in [2.24, 2.45) is 0 Å². The zero-order valence-electron chi connectivity index (χ0n) is 11.8. The molecule has 1 unspecified atom stereocenters. The number of nitrogens with zero attached hydrogens (tertiary/aromatic N) is 1. The standard InChI is InChI=1S/C17H17ClN2S/c1-2-19-15(11-12-7-3-4-8-13(12)18)17-20-14-9-5-6-10-16(14)21-17/h3-10,15,19H,2,11H2,1H3. The Balaban J connectivity index is 1.92. The molecule has 108 valence electrons. The van der Waals surface area contributed by atoms with Crippen LogP contribution in [-0.2, 0) is 6.42 Å². The van der Waals surface area contributed by atoms with Crippen LogP contribution in [-0.4, -0.2) is 11.5 Å². The highest BCUT2D eigenvalue weighted by Gasteiger charge is 2.17. The van der Waals surface area contributed by atoms with Crippen LogP contribution in [0.3, 0.4) is 0 Å². The van der Waals surface area contributed by atoms with Crippen molar-refractivity contribution in [3.05, 3.63) is 64.1 Å². The SMILES string of the molecule is CCNC(Cc1ccccc1Cl)c1nc2ccccc2s1. The van der Waals surface area contributed by atoms with E-state index in [1.807, 2.05) is 24.3 Å². The van der Waals surface area contributed by atoms with E-state index in [1.165, 1.54) is 4.70 Å². The number of likely N-dealkylation sites (N-methyl/N-ethyl adjacent to an activating group) is 1. The summed E-state index contributed by atoms with van der Waals surface area (Å²) >= 11 is 8.04. The zero-order chi connectivity index (χ0) is 14.7. The molecule has 0 saturated carbocycles. The molecule has 0 amide bonds. The quantitative estimate of drug-likeness (QED) is 0.728. The van der Waals surface area contributed by atoms with Gasteiger partial charge in [0.05, 0.1) is 16.3 Å². The van der Waals surface area contributed by atoms with Crippen LogP contribution in [0.5, 0.6) is 0 Å². The Hall–Kier alpha value is -1.42. The Kier molecular flexibility index (Phi) is 4.54. The fourth-order valence-corrected chi connectivity index (χ4v) is 3.67. The minimum Gasteiger partial charge on any atom is -0.308 e. The molecular formula is C17H17ClN2S. The van der Waals surface area contributed by atoms with Gasteiger partial charge in [-0.2, -0.15) is 0 Å². The molecule has 2 nitrogen and oxygen atoms in total. The van der Waals surface area contributed by atoms with E-state index in [-0.39, 0.29) is 6.04 Å². The minimum absolute atomic E-state index is 0.201. The molecule has 21 heavy (non-hydrogen) atoms. The summed E-state index contributed by atoms with van der Waals surface area (Å²) in [6, 6.07) is 16.5. The number of benzene rings is 2. The fraction of sp³-hybridized carbons (Fsp3) is 0.235. The van der Waals surface area contributed by atoms with Crippen molar-refractivity contribution >= 4 is 33.2 Å². The Morgan fingerprint density at radius 1 is 1.14 bits per heavy atom. The Morgan fingerprint density at radius 2 is 1.90 bits per heavy atom. The third-order valence-electron chi connectivity index (χ3n) is 3.44. The normalized spacial score (nSPS) is 12.7. The Bertz CT molecular complexity index is 705. The van der Waals surface area contributed by atoms with Crippen molar-refractivity contribution in [1.29, 1.82) is 0 Å². The molecule has 1 aromatic heterocycles. The average Bonchev–Trinajstić information content (AvgIpc) is 2.93. The summed E-state index contributed by atoms with van der Waals surface area (Å²) in [5, 5.41) is 5.47. The van der Waals surface area contributed by atoms with Gasteiger partial charge >= 0.3 is 0 Å². The first-order valence-corrected chi connectivity index (χ1v) is 8.29. The van der Waals surface area contributed by atoms with Gasteiger partial charge in [0.25, 0.3) is 0 Å². The number of fused-ring (bicyclic) bond motifs is 1. The second kappa shape index (κ2) is 6.56. The molecule has 0 saturated heterocycles. The summed E-state index contributed by atoms with van der Waals surface area (Å²) < 4.78 is 1.23. The van der Waals surface area contributed by atoms with Crippen molar-refractivity contribution in [2.45, 2.75) is 19.4 Å². The van der Waals surface area contributed by atoms with Crippen molar-refractivity contribution in [3.8, 4) is 0 Å². The maximum atomic E-state index is 6.29. The van der Waals surface area contributed by atoms with Crippen LogP contribution >= 0.6 is 22.9 Å². The van der Waals surface area contributed by atoms with E-state index >= 15 is 0 Å². The number of halogens is 1. The van der Waals surface area contributed by atoms with Gasteiger partial charge in [-0.1, -0.05) is 48.9 Å². The zero-order valence-corrected chi connectivity index (χ0v) is 13.4. The molecule has 1 atom stereocenters. The van der Waals surface area contributed by atoms with Crippen LogP contribution in [0.15, 0.2) is 48.5 Å². The lowest BCUT2D eigenvalue weighted by Gasteiger charge is -2.16. The maximum Gasteiger partial charge on any atom is 0.111 e. The first-order valence-electron chi connectivity index (χ1n) is 7.10. The predicted octanol–water partition coefficient (Wildman–Crippen LogP) is 4.84. The van der Waals surface area contributed by atoms with Crippen LogP contribution in [0.25, 0.3) is 10.2 Å². The summed E-state index contributed by atoms with van der Waals surface area (Å²) in [5.41, 5.74) is 2.23. The molecule has 1 heterocycles. The summed E-state index contributed by atoms with van der Waals surface area (Å²) in [7, 11) is 0. The summed E-state index contributed by atoms with van der Waals surface area (Å²) in [5.74, 6) is 0. The highest BCUT2D eigenvalue weighted by Crippen LogP contribution is 2.29. The fourth-order valence-electron chi connectivity index (χ4n) is 2.42. The van der Waals surface area contributed by atoms with E-state index in [2.05, 4.69) is 36.5 Å². The molecule has 0 aliphatic heterocycles. The van der Waals surface area contributed by atoms with Gasteiger partial charge in [0.2, 0.25) is 0 Å². The molecular weight excluding hydrogens is 300 g/mol. The van der Waals surface area contributed by atoms with Gasteiger partial charge in [0.15, 0.2) is 0 Å². The third-order valence-corrected chi connectivity index (χ3v) is 4.96. The Labute approximate surface area is 133 Å². The van der Waals surface area contributed by atoms with Crippen molar-refractivity contribution in [1.82, 2.24) is 10.3 Å². The van der Waals surface area contributed by atoms with Crippen LogP contribution in [0, 0.1) is 0 Å². The lowest BCUT2D eigenvalue weighted by Crippen LogP contribution is -2.22. The molecule has 0 radical (unpaired) electrons. The molecule has 0 aliphatic carbocycles. The van der Waals surface area contributed by atoms with Gasteiger partial charge in [-0.3, -0.25) is 0 Å². The molecule has 3 aromatic rings. The van der Waals surface area contributed by atoms with Gasteiger partial charge in [-0.25, -0.2) is 4.98 Å². The van der Waals surface area contributed by atoms with E-state index in [1.54, 1.807) is 11.3 Å².